The lowest BCUT2D eigenvalue weighted by Crippen LogP contribution is -2.25. The summed E-state index contributed by atoms with van der Waals surface area (Å²) >= 11 is 5.94. The minimum Gasteiger partial charge on any atom is -0.493 e. The molecule has 0 radical (unpaired) electrons. The van der Waals surface area contributed by atoms with Gasteiger partial charge in [0.05, 0.1) is 14.2 Å². The fraction of sp³-hybridized carbons (Fsp3) is 0.167. The lowest BCUT2D eigenvalue weighted by Gasteiger charge is -2.19. The minimum atomic E-state index is -1.12. The average Bonchev–Trinajstić information content (AvgIpc) is 2.78. The Hall–Kier alpha value is -3.51. The molecule has 0 bridgehead atoms. The molecule has 0 saturated heterocycles. The fourth-order valence-corrected chi connectivity index (χ4v) is 3.25. The number of esters is 1. The number of para-hydroxylation sites is 1. The molecule has 3 aromatic carbocycles. The molecular weight excluding hydrogens is 418 g/mol. The molecule has 1 atom stereocenters. The van der Waals surface area contributed by atoms with E-state index in [1.807, 2.05) is 30.3 Å². The van der Waals surface area contributed by atoms with Crippen molar-refractivity contribution in [2.75, 3.05) is 19.5 Å². The van der Waals surface area contributed by atoms with Crippen LogP contribution in [-0.2, 0) is 14.3 Å². The topological polar surface area (TPSA) is 73.9 Å². The van der Waals surface area contributed by atoms with Crippen molar-refractivity contribution in [1.82, 2.24) is 0 Å². The number of hydrogen-bond donors (Lipinski definition) is 1. The molecule has 0 fully saturated rings. The predicted octanol–water partition coefficient (Wildman–Crippen LogP) is 5.27. The van der Waals surface area contributed by atoms with Crippen LogP contribution >= 0.6 is 11.6 Å². The summed E-state index contributed by atoms with van der Waals surface area (Å²) in [6.45, 7) is 1.26. The second-order valence-corrected chi connectivity index (χ2v) is 7.08. The highest BCUT2D eigenvalue weighted by Crippen LogP contribution is 2.35. The first-order chi connectivity index (χ1) is 14.9. The van der Waals surface area contributed by atoms with Crippen molar-refractivity contribution in [3.63, 3.8) is 0 Å². The van der Waals surface area contributed by atoms with Gasteiger partial charge in [0, 0.05) is 28.8 Å². The van der Waals surface area contributed by atoms with E-state index in [-0.39, 0.29) is 0 Å². The van der Waals surface area contributed by atoms with E-state index in [9.17, 15) is 9.59 Å². The van der Waals surface area contributed by atoms with Crippen LogP contribution in [0.4, 0.5) is 5.69 Å². The largest absolute Gasteiger partial charge is 0.493 e. The molecule has 6 nitrogen and oxygen atoms in total. The van der Waals surface area contributed by atoms with Gasteiger partial charge in [-0.25, -0.2) is 0 Å². The number of rotatable bonds is 7. The summed E-state index contributed by atoms with van der Waals surface area (Å²) in [6.07, 6.45) is -1.12. The summed E-state index contributed by atoms with van der Waals surface area (Å²) in [5.74, 6) is 0.124. The number of nitrogens with one attached hydrogen (secondary N) is 1. The molecule has 160 valence electrons. The van der Waals surface area contributed by atoms with E-state index in [0.29, 0.717) is 27.8 Å². The van der Waals surface area contributed by atoms with Crippen LogP contribution in [0.15, 0.2) is 66.7 Å². The van der Waals surface area contributed by atoms with Crippen LogP contribution in [-0.4, -0.2) is 26.1 Å². The SMILES string of the molecule is COc1ccc(-c2ccccc2NC(=O)C(OC(C)=O)c2ccc(Cl)cc2)cc1OC. The minimum absolute atomic E-state index is 0.481. The summed E-state index contributed by atoms with van der Waals surface area (Å²) in [6, 6.07) is 19.4. The van der Waals surface area contributed by atoms with Gasteiger partial charge in [0.25, 0.3) is 5.91 Å². The number of methoxy groups -OCH3 is 2. The molecular formula is C24H22ClNO5. The molecule has 0 heterocycles. The van der Waals surface area contributed by atoms with Gasteiger partial charge in [-0.05, 0) is 35.9 Å². The van der Waals surface area contributed by atoms with E-state index in [1.165, 1.54) is 6.92 Å². The van der Waals surface area contributed by atoms with Crippen LogP contribution < -0.4 is 14.8 Å². The highest BCUT2D eigenvalue weighted by molar-refractivity contribution is 6.30. The number of halogens is 1. The average molecular weight is 440 g/mol. The van der Waals surface area contributed by atoms with Crippen molar-refractivity contribution in [2.24, 2.45) is 0 Å². The summed E-state index contributed by atoms with van der Waals surface area (Å²) in [7, 11) is 3.13. The lowest BCUT2D eigenvalue weighted by atomic mass is 10.0. The molecule has 3 rings (SSSR count). The predicted molar refractivity (Wildman–Crippen MR) is 120 cm³/mol. The number of anilines is 1. The molecule has 7 heteroatoms. The number of benzene rings is 3. The molecule has 1 unspecified atom stereocenters. The van der Waals surface area contributed by atoms with Crippen LogP contribution in [0.2, 0.25) is 5.02 Å². The molecule has 1 amide bonds. The molecule has 0 saturated carbocycles. The Balaban J connectivity index is 1.94. The Labute approximate surface area is 185 Å². The van der Waals surface area contributed by atoms with Crippen molar-refractivity contribution >= 4 is 29.2 Å². The number of carbonyl (C=O) groups is 2. The highest BCUT2D eigenvalue weighted by atomic mass is 35.5. The third-order valence-electron chi connectivity index (χ3n) is 4.57. The standard InChI is InChI=1S/C24H22ClNO5/c1-15(27)31-23(16-8-11-18(25)12-9-16)24(28)26-20-7-5-4-6-19(20)17-10-13-21(29-2)22(14-17)30-3/h4-14,23H,1-3H3,(H,26,28). The number of hydrogen-bond acceptors (Lipinski definition) is 5. The zero-order valence-electron chi connectivity index (χ0n) is 17.3. The Morgan fingerprint density at radius 3 is 2.23 bits per heavy atom. The van der Waals surface area contributed by atoms with Gasteiger partial charge in [-0.3, -0.25) is 9.59 Å². The van der Waals surface area contributed by atoms with Crippen LogP contribution in [0.5, 0.6) is 11.5 Å². The van der Waals surface area contributed by atoms with Crippen LogP contribution in [0, 0.1) is 0 Å². The third-order valence-corrected chi connectivity index (χ3v) is 4.83. The second-order valence-electron chi connectivity index (χ2n) is 6.65. The van der Waals surface area contributed by atoms with Crippen molar-refractivity contribution in [3.8, 4) is 22.6 Å². The van der Waals surface area contributed by atoms with Gasteiger partial charge in [0.1, 0.15) is 0 Å². The molecule has 31 heavy (non-hydrogen) atoms. The number of carbonyl (C=O) groups excluding carboxylic acids is 2. The van der Waals surface area contributed by atoms with Gasteiger partial charge in [0.15, 0.2) is 11.5 Å². The first-order valence-electron chi connectivity index (χ1n) is 9.48. The maximum atomic E-state index is 13.1. The molecule has 0 aliphatic heterocycles. The zero-order valence-corrected chi connectivity index (χ0v) is 18.1. The fourth-order valence-electron chi connectivity index (χ4n) is 3.12. The molecule has 0 spiro atoms. The number of ether oxygens (including phenoxy) is 3. The van der Waals surface area contributed by atoms with E-state index in [4.69, 9.17) is 25.8 Å². The van der Waals surface area contributed by atoms with Gasteiger partial charge in [0.2, 0.25) is 6.10 Å². The third kappa shape index (κ3) is 5.35. The van der Waals surface area contributed by atoms with E-state index < -0.39 is 18.0 Å². The number of amides is 1. The van der Waals surface area contributed by atoms with Gasteiger partial charge in [-0.15, -0.1) is 0 Å². The summed E-state index contributed by atoms with van der Waals surface area (Å²) in [5, 5.41) is 3.39. The first kappa shape index (κ1) is 22.2. The molecule has 3 aromatic rings. The Kier molecular flexibility index (Phi) is 7.15. The molecule has 0 aliphatic rings. The molecule has 0 aromatic heterocycles. The molecule has 1 N–H and O–H groups in total. The maximum Gasteiger partial charge on any atom is 0.303 e. The highest BCUT2D eigenvalue weighted by Gasteiger charge is 2.25. The smallest absolute Gasteiger partial charge is 0.303 e. The second kappa shape index (κ2) is 10.00. The van der Waals surface area contributed by atoms with Crippen molar-refractivity contribution in [2.45, 2.75) is 13.0 Å². The van der Waals surface area contributed by atoms with E-state index in [2.05, 4.69) is 5.32 Å². The van der Waals surface area contributed by atoms with Crippen LogP contribution in [0.3, 0.4) is 0 Å². The summed E-state index contributed by atoms with van der Waals surface area (Å²) < 4.78 is 16.0. The Morgan fingerprint density at radius 1 is 0.903 bits per heavy atom. The summed E-state index contributed by atoms with van der Waals surface area (Å²) in [4.78, 5) is 24.7. The maximum absolute atomic E-state index is 13.1. The van der Waals surface area contributed by atoms with E-state index in [0.717, 1.165) is 11.1 Å². The van der Waals surface area contributed by atoms with Crippen molar-refractivity contribution in [3.05, 3.63) is 77.3 Å². The van der Waals surface area contributed by atoms with Crippen LogP contribution in [0.1, 0.15) is 18.6 Å². The van der Waals surface area contributed by atoms with Gasteiger partial charge in [-0.2, -0.15) is 0 Å². The van der Waals surface area contributed by atoms with Crippen molar-refractivity contribution in [1.29, 1.82) is 0 Å². The van der Waals surface area contributed by atoms with E-state index >= 15 is 0 Å². The first-order valence-corrected chi connectivity index (χ1v) is 9.85. The quantitative estimate of drug-likeness (QED) is 0.508. The monoisotopic (exact) mass is 439 g/mol. The molecule has 0 aliphatic carbocycles. The summed E-state index contributed by atoms with van der Waals surface area (Å²) in [5.41, 5.74) is 2.67. The van der Waals surface area contributed by atoms with Gasteiger partial charge in [-0.1, -0.05) is 48.0 Å². The zero-order chi connectivity index (χ0) is 22.4. The normalized spacial score (nSPS) is 11.4. The van der Waals surface area contributed by atoms with Crippen molar-refractivity contribution < 1.29 is 23.8 Å². The Bertz CT molecular complexity index is 1080. The lowest BCUT2D eigenvalue weighted by molar-refractivity contribution is -0.152. The van der Waals surface area contributed by atoms with Gasteiger partial charge >= 0.3 is 5.97 Å². The van der Waals surface area contributed by atoms with Gasteiger partial charge < -0.3 is 19.5 Å². The Morgan fingerprint density at radius 2 is 1.58 bits per heavy atom. The van der Waals surface area contributed by atoms with Crippen LogP contribution in [0.25, 0.3) is 11.1 Å². The van der Waals surface area contributed by atoms with E-state index in [1.54, 1.807) is 50.6 Å².